The van der Waals surface area contributed by atoms with Crippen molar-refractivity contribution < 1.29 is 6.53 Å². The van der Waals surface area contributed by atoms with Crippen LogP contribution in [0.5, 0.6) is 0 Å². The summed E-state index contributed by atoms with van der Waals surface area (Å²) in [6, 6.07) is 25.0. The van der Waals surface area contributed by atoms with Crippen molar-refractivity contribution in [3.63, 3.8) is 0 Å². The van der Waals surface area contributed by atoms with E-state index in [4.69, 9.17) is 5.11 Å². The number of aliphatic hydroxyl groups is 1. The average Bonchev–Trinajstić information content (AvgIpc) is 3.22. The molecule has 1 N–H and O–H groups in total. The molecule has 4 rings (SSSR count). The SMILES string of the molecule is OC[C@H]1[CH][C@H]2CC[C@@H]1C2.[HH].[Sn].[c]1ccccc1.[c]1ccccc1. The molecule has 0 saturated heterocycles. The molecule has 2 aliphatic carbocycles. The largest absolute Gasteiger partial charge is 0.396 e. The molecule has 0 amide bonds. The summed E-state index contributed by atoms with van der Waals surface area (Å²) in [5, 5.41) is 8.86. The number of rotatable bonds is 1. The van der Waals surface area contributed by atoms with Crippen LogP contribution in [0, 0.1) is 36.3 Å². The molecule has 2 aliphatic rings. The van der Waals surface area contributed by atoms with Gasteiger partial charge >= 0.3 is 0 Å². The summed E-state index contributed by atoms with van der Waals surface area (Å²) in [4.78, 5) is 0. The maximum absolute atomic E-state index is 8.86. The van der Waals surface area contributed by atoms with Gasteiger partial charge in [-0.15, -0.1) is 0 Å². The van der Waals surface area contributed by atoms with Gasteiger partial charge in [0.05, 0.1) is 0 Å². The first-order valence-electron chi connectivity index (χ1n) is 7.68. The predicted molar refractivity (Wildman–Crippen MR) is 94.1 cm³/mol. The zero-order chi connectivity index (χ0) is 14.8. The third-order valence-corrected chi connectivity index (χ3v) is 4.06. The third-order valence-electron chi connectivity index (χ3n) is 4.06. The first kappa shape index (κ1) is 19.2. The van der Waals surface area contributed by atoms with Crippen LogP contribution in [-0.4, -0.2) is 35.6 Å². The average molecular weight is 400 g/mol. The van der Waals surface area contributed by atoms with Crippen LogP contribution in [0.15, 0.2) is 60.7 Å². The van der Waals surface area contributed by atoms with Crippen molar-refractivity contribution in [3.05, 3.63) is 79.2 Å². The molecule has 115 valence electrons. The van der Waals surface area contributed by atoms with Gasteiger partial charge in [-0.3, -0.25) is 0 Å². The maximum Gasteiger partial charge on any atom is 0.0464 e. The van der Waals surface area contributed by atoms with Gasteiger partial charge in [0.2, 0.25) is 0 Å². The molecular formula is C20H25OSn. The molecule has 2 saturated carbocycles. The van der Waals surface area contributed by atoms with Crippen molar-refractivity contribution in [1.82, 2.24) is 0 Å². The Kier molecular flexibility index (Phi) is 10.3. The first-order valence-corrected chi connectivity index (χ1v) is 7.68. The molecule has 2 bridgehead atoms. The Labute approximate surface area is 153 Å². The Bertz CT molecular complexity index is 381. The molecule has 0 spiro atoms. The molecule has 2 aromatic rings. The molecule has 2 aromatic carbocycles. The summed E-state index contributed by atoms with van der Waals surface area (Å²) in [6.45, 7) is 0.390. The minimum absolute atomic E-state index is 0. The second-order valence-corrected chi connectivity index (χ2v) is 5.53. The van der Waals surface area contributed by atoms with Crippen molar-refractivity contribution in [2.45, 2.75) is 19.3 Å². The second kappa shape index (κ2) is 11.7. The van der Waals surface area contributed by atoms with Crippen LogP contribution >= 0.6 is 0 Å². The second-order valence-electron chi connectivity index (χ2n) is 5.53. The van der Waals surface area contributed by atoms with E-state index in [1.165, 1.54) is 19.3 Å². The molecule has 3 atom stereocenters. The molecule has 2 heteroatoms. The monoisotopic (exact) mass is 401 g/mol. The Balaban J connectivity index is 0.000000312. The van der Waals surface area contributed by atoms with Crippen LogP contribution in [0.3, 0.4) is 0 Å². The summed E-state index contributed by atoms with van der Waals surface area (Å²) in [5.74, 6) is 2.27. The number of benzene rings is 2. The van der Waals surface area contributed by atoms with E-state index in [0.717, 1.165) is 11.8 Å². The van der Waals surface area contributed by atoms with E-state index in [0.29, 0.717) is 12.5 Å². The Morgan fingerprint density at radius 3 is 1.59 bits per heavy atom. The fourth-order valence-corrected chi connectivity index (χ4v) is 3.02. The molecular weight excluding hydrogens is 375 g/mol. The van der Waals surface area contributed by atoms with Crippen molar-refractivity contribution >= 4 is 23.9 Å². The number of aliphatic hydroxyl groups excluding tert-OH is 1. The van der Waals surface area contributed by atoms with E-state index in [9.17, 15) is 0 Å². The van der Waals surface area contributed by atoms with Crippen LogP contribution in [0.2, 0.25) is 0 Å². The Morgan fingerprint density at radius 2 is 1.41 bits per heavy atom. The molecule has 7 radical (unpaired) electrons. The van der Waals surface area contributed by atoms with Crippen molar-refractivity contribution in [2.75, 3.05) is 6.61 Å². The van der Waals surface area contributed by atoms with Crippen LogP contribution in [0.1, 0.15) is 20.7 Å². The zero-order valence-corrected chi connectivity index (χ0v) is 15.7. The Hall–Kier alpha value is -0.801. The van der Waals surface area contributed by atoms with E-state index in [-0.39, 0.29) is 25.3 Å². The van der Waals surface area contributed by atoms with E-state index in [1.54, 1.807) is 0 Å². The molecule has 0 aromatic heterocycles. The summed E-state index contributed by atoms with van der Waals surface area (Å²) in [5.41, 5.74) is 0. The van der Waals surface area contributed by atoms with Gasteiger partial charge in [0.15, 0.2) is 0 Å². The van der Waals surface area contributed by atoms with Crippen LogP contribution < -0.4 is 0 Å². The maximum atomic E-state index is 8.86. The molecule has 1 nitrogen and oxygen atoms in total. The van der Waals surface area contributed by atoms with Gasteiger partial charge in [-0.25, -0.2) is 0 Å². The van der Waals surface area contributed by atoms with Gasteiger partial charge in [-0.05, 0) is 55.6 Å². The molecule has 2 fully saturated rings. The molecule has 22 heavy (non-hydrogen) atoms. The zero-order valence-electron chi connectivity index (χ0n) is 12.9. The van der Waals surface area contributed by atoms with Crippen LogP contribution in [0.25, 0.3) is 0 Å². The van der Waals surface area contributed by atoms with Crippen LogP contribution in [-0.2, 0) is 0 Å². The van der Waals surface area contributed by atoms with Crippen molar-refractivity contribution in [2.24, 2.45) is 17.8 Å². The number of hydrogen-bond donors (Lipinski definition) is 1. The first-order chi connectivity index (χ1) is 10.4. The molecule has 0 heterocycles. The normalized spacial score (nSPS) is 24.1. The fraction of sp³-hybridized carbons (Fsp3) is 0.350. The summed E-state index contributed by atoms with van der Waals surface area (Å²) in [6.07, 6.45) is 6.48. The third kappa shape index (κ3) is 6.97. The Morgan fingerprint density at radius 1 is 0.864 bits per heavy atom. The minimum atomic E-state index is 0. The number of hydrogen-bond acceptors (Lipinski definition) is 1. The number of fused-ring (bicyclic) bond motifs is 2. The van der Waals surface area contributed by atoms with Crippen LogP contribution in [0.4, 0.5) is 0 Å². The van der Waals surface area contributed by atoms with Gasteiger partial charge in [0, 0.05) is 31.9 Å². The topological polar surface area (TPSA) is 20.2 Å². The summed E-state index contributed by atoms with van der Waals surface area (Å²) >= 11 is 0. The van der Waals surface area contributed by atoms with Gasteiger partial charge in [-0.2, -0.15) is 0 Å². The van der Waals surface area contributed by atoms with Gasteiger partial charge in [0.25, 0.3) is 0 Å². The van der Waals surface area contributed by atoms with E-state index < -0.39 is 0 Å². The van der Waals surface area contributed by atoms with Gasteiger partial charge in [0.1, 0.15) is 0 Å². The summed E-state index contributed by atoms with van der Waals surface area (Å²) < 4.78 is 0. The van der Waals surface area contributed by atoms with E-state index >= 15 is 0 Å². The molecule has 0 aliphatic heterocycles. The molecule has 0 unspecified atom stereocenters. The van der Waals surface area contributed by atoms with Gasteiger partial charge < -0.3 is 5.11 Å². The smallest absolute Gasteiger partial charge is 0.0464 e. The van der Waals surface area contributed by atoms with E-state index in [1.807, 2.05) is 60.7 Å². The standard InChI is InChI=1S/C8H13O.2C6H5.Sn.H2/c9-5-8-4-6-1-2-7(8)3-6;2*1-2-4-6-5-3-1;;/h4,6-9H,1-3,5H2;2*1-5H;;1H/t6-,7+,8+;;;;/m0..../s1. The quantitative estimate of drug-likeness (QED) is 0.716. The van der Waals surface area contributed by atoms with Crippen molar-refractivity contribution in [3.8, 4) is 0 Å². The minimum Gasteiger partial charge on any atom is -0.396 e. The fourth-order valence-electron chi connectivity index (χ4n) is 3.02. The van der Waals surface area contributed by atoms with Gasteiger partial charge in [-0.1, -0.05) is 60.7 Å². The summed E-state index contributed by atoms with van der Waals surface area (Å²) in [7, 11) is 0. The van der Waals surface area contributed by atoms with Crippen molar-refractivity contribution in [1.29, 1.82) is 0 Å². The predicted octanol–water partition coefficient (Wildman–Crippen LogP) is 4.07. The van der Waals surface area contributed by atoms with E-state index in [2.05, 4.69) is 18.6 Å².